The van der Waals surface area contributed by atoms with Crippen LogP contribution in [0.25, 0.3) is 11.3 Å². The molecule has 2 bridgehead atoms. The molecule has 8 nitrogen and oxygen atoms in total. The van der Waals surface area contributed by atoms with Gasteiger partial charge in [0, 0.05) is 24.2 Å². The number of oxazole rings is 1. The molecule has 4 rings (SSSR count). The van der Waals surface area contributed by atoms with Crippen molar-refractivity contribution in [1.82, 2.24) is 15.6 Å². The van der Waals surface area contributed by atoms with Crippen LogP contribution in [0.4, 0.5) is 5.69 Å². The topological polar surface area (TPSA) is 110 Å². The van der Waals surface area contributed by atoms with E-state index in [0.717, 1.165) is 19.3 Å². The lowest BCUT2D eigenvalue weighted by Crippen LogP contribution is -2.43. The number of nitrogens with one attached hydrogen (secondary N) is 2. The Morgan fingerprint density at radius 2 is 2.21 bits per heavy atom. The third-order valence-electron chi connectivity index (χ3n) is 4.68. The van der Waals surface area contributed by atoms with Crippen LogP contribution in [0.1, 0.15) is 29.9 Å². The number of amides is 1. The Labute approximate surface area is 137 Å². The van der Waals surface area contributed by atoms with E-state index in [2.05, 4.69) is 15.6 Å². The number of nitrogens with zero attached hydrogens (tertiary/aromatic N) is 2. The summed E-state index contributed by atoms with van der Waals surface area (Å²) in [7, 11) is 0. The largest absolute Gasteiger partial charge is 0.432 e. The summed E-state index contributed by atoms with van der Waals surface area (Å²) in [5, 5.41) is 17.5. The van der Waals surface area contributed by atoms with Crippen LogP contribution in [0.3, 0.4) is 0 Å². The van der Waals surface area contributed by atoms with E-state index in [1.54, 1.807) is 18.2 Å². The third kappa shape index (κ3) is 2.54. The normalized spacial score (nSPS) is 24.9. The minimum absolute atomic E-state index is 0.0778. The molecule has 0 aliphatic carbocycles. The number of fused-ring (bicyclic) bond motifs is 2. The first-order valence-corrected chi connectivity index (χ1v) is 7.88. The summed E-state index contributed by atoms with van der Waals surface area (Å²) in [6, 6.07) is 7.08. The van der Waals surface area contributed by atoms with Crippen LogP contribution in [0.15, 0.2) is 34.9 Å². The van der Waals surface area contributed by atoms with Crippen molar-refractivity contribution in [2.24, 2.45) is 0 Å². The second-order valence-corrected chi connectivity index (χ2v) is 6.17. The van der Waals surface area contributed by atoms with E-state index < -0.39 is 4.92 Å². The second-order valence-electron chi connectivity index (χ2n) is 6.17. The fraction of sp³-hybridized carbons (Fsp3) is 0.375. The molecule has 1 aromatic heterocycles. The van der Waals surface area contributed by atoms with Gasteiger partial charge in [-0.3, -0.25) is 14.9 Å². The van der Waals surface area contributed by atoms with E-state index in [9.17, 15) is 14.9 Å². The first-order chi connectivity index (χ1) is 11.6. The standard InChI is InChI=1S/C16H16N4O4/c21-15(19-12-7-9-5-6-11(12)18-9)16-17-8-14(24-16)10-3-1-2-4-13(10)20(22)23/h1-4,8-9,11-12,18H,5-7H2,(H,19,21)/t9-,11+,12-/m1/s1. The molecule has 0 radical (unpaired) electrons. The average molecular weight is 328 g/mol. The Bertz CT molecular complexity index is 803. The monoisotopic (exact) mass is 328 g/mol. The maximum Gasteiger partial charge on any atom is 0.307 e. The van der Waals surface area contributed by atoms with E-state index in [0.29, 0.717) is 17.6 Å². The molecule has 24 heavy (non-hydrogen) atoms. The maximum atomic E-state index is 12.3. The lowest BCUT2D eigenvalue weighted by Gasteiger charge is -2.20. The first-order valence-electron chi connectivity index (χ1n) is 7.88. The quantitative estimate of drug-likeness (QED) is 0.655. The van der Waals surface area contributed by atoms with Crippen LogP contribution >= 0.6 is 0 Å². The highest BCUT2D eigenvalue weighted by Gasteiger charge is 2.40. The van der Waals surface area contributed by atoms with Gasteiger partial charge in [0.05, 0.1) is 16.7 Å². The summed E-state index contributed by atoms with van der Waals surface area (Å²) in [6.07, 6.45) is 4.46. The van der Waals surface area contributed by atoms with Gasteiger partial charge in [-0.2, -0.15) is 0 Å². The fourth-order valence-electron chi connectivity index (χ4n) is 3.56. The number of carbonyl (C=O) groups excluding carboxylic acids is 1. The van der Waals surface area contributed by atoms with Gasteiger partial charge in [-0.05, 0) is 25.3 Å². The number of hydrogen-bond acceptors (Lipinski definition) is 6. The van der Waals surface area contributed by atoms with Crippen molar-refractivity contribution in [3.63, 3.8) is 0 Å². The first kappa shape index (κ1) is 14.8. The van der Waals surface area contributed by atoms with Crippen LogP contribution < -0.4 is 10.6 Å². The molecule has 124 valence electrons. The molecule has 2 saturated heterocycles. The van der Waals surface area contributed by atoms with E-state index in [1.807, 2.05) is 0 Å². The molecule has 2 aliphatic rings. The van der Waals surface area contributed by atoms with Crippen LogP contribution in [0.5, 0.6) is 0 Å². The van der Waals surface area contributed by atoms with Crippen LogP contribution in [0, 0.1) is 10.1 Å². The molecule has 2 aromatic rings. The van der Waals surface area contributed by atoms with Gasteiger partial charge in [-0.25, -0.2) is 4.98 Å². The molecule has 2 aliphatic heterocycles. The van der Waals surface area contributed by atoms with Crippen molar-refractivity contribution in [3.05, 3.63) is 46.5 Å². The molecule has 2 fully saturated rings. The number of rotatable bonds is 4. The maximum absolute atomic E-state index is 12.3. The van der Waals surface area contributed by atoms with E-state index in [4.69, 9.17) is 4.42 Å². The highest BCUT2D eigenvalue weighted by molar-refractivity contribution is 5.90. The summed E-state index contributed by atoms with van der Waals surface area (Å²) in [4.78, 5) is 26.9. The predicted molar refractivity (Wildman–Crippen MR) is 84.4 cm³/mol. The summed E-state index contributed by atoms with van der Waals surface area (Å²) in [5.74, 6) is -0.261. The highest BCUT2D eigenvalue weighted by atomic mass is 16.6. The summed E-state index contributed by atoms with van der Waals surface area (Å²) >= 11 is 0. The van der Waals surface area contributed by atoms with Crippen molar-refractivity contribution in [2.75, 3.05) is 0 Å². The molecule has 0 unspecified atom stereocenters. The Kier molecular flexibility index (Phi) is 3.53. The zero-order chi connectivity index (χ0) is 16.7. The molecule has 1 aromatic carbocycles. The zero-order valence-corrected chi connectivity index (χ0v) is 12.8. The predicted octanol–water partition coefficient (Wildman–Crippen LogP) is 1.87. The van der Waals surface area contributed by atoms with Gasteiger partial charge in [0.2, 0.25) is 0 Å². The van der Waals surface area contributed by atoms with E-state index in [-0.39, 0.29) is 29.3 Å². The molecular weight excluding hydrogens is 312 g/mol. The van der Waals surface area contributed by atoms with Crippen molar-refractivity contribution < 1.29 is 14.1 Å². The van der Waals surface area contributed by atoms with Crippen LogP contribution in [-0.2, 0) is 0 Å². The van der Waals surface area contributed by atoms with Crippen LogP contribution in [0.2, 0.25) is 0 Å². The Morgan fingerprint density at radius 3 is 2.92 bits per heavy atom. The minimum atomic E-state index is -0.488. The number of para-hydroxylation sites is 1. The number of aromatic nitrogens is 1. The molecule has 0 saturated carbocycles. The summed E-state index contributed by atoms with van der Waals surface area (Å²) < 4.78 is 5.46. The Hall–Kier alpha value is -2.74. The number of benzene rings is 1. The molecule has 1 amide bonds. The zero-order valence-electron chi connectivity index (χ0n) is 12.8. The van der Waals surface area contributed by atoms with Gasteiger partial charge in [0.15, 0.2) is 5.76 Å². The number of carbonyl (C=O) groups is 1. The van der Waals surface area contributed by atoms with Gasteiger partial charge in [0.1, 0.15) is 0 Å². The van der Waals surface area contributed by atoms with Gasteiger partial charge < -0.3 is 15.1 Å². The Balaban J connectivity index is 1.53. The van der Waals surface area contributed by atoms with Gasteiger partial charge >= 0.3 is 5.91 Å². The van der Waals surface area contributed by atoms with Crippen molar-refractivity contribution in [3.8, 4) is 11.3 Å². The summed E-state index contributed by atoms with van der Waals surface area (Å²) in [6.45, 7) is 0. The third-order valence-corrected chi connectivity index (χ3v) is 4.68. The van der Waals surface area contributed by atoms with Crippen molar-refractivity contribution >= 4 is 11.6 Å². The molecule has 3 atom stereocenters. The SMILES string of the molecule is O=C(N[C@@H]1C[C@H]2CC[C@@H]1N2)c1ncc(-c2ccccc2[N+](=O)[O-])o1. The van der Waals surface area contributed by atoms with E-state index in [1.165, 1.54) is 12.3 Å². The molecule has 8 heteroatoms. The minimum Gasteiger partial charge on any atom is -0.432 e. The lowest BCUT2D eigenvalue weighted by atomic mass is 9.95. The number of nitro benzene ring substituents is 1. The number of nitro groups is 1. The van der Waals surface area contributed by atoms with Crippen LogP contribution in [-0.4, -0.2) is 33.9 Å². The molecular formula is C16H16N4O4. The lowest BCUT2D eigenvalue weighted by molar-refractivity contribution is -0.384. The molecule has 0 spiro atoms. The summed E-state index contributed by atoms with van der Waals surface area (Å²) in [5.41, 5.74) is 0.216. The molecule has 3 heterocycles. The fourth-order valence-corrected chi connectivity index (χ4v) is 3.56. The van der Waals surface area contributed by atoms with Crippen molar-refractivity contribution in [2.45, 2.75) is 37.4 Å². The number of hydrogen-bond donors (Lipinski definition) is 2. The Morgan fingerprint density at radius 1 is 1.38 bits per heavy atom. The van der Waals surface area contributed by atoms with Gasteiger partial charge in [0.25, 0.3) is 11.6 Å². The average Bonchev–Trinajstić information content (AvgIpc) is 3.31. The molecule has 2 N–H and O–H groups in total. The second kappa shape index (κ2) is 5.72. The van der Waals surface area contributed by atoms with E-state index >= 15 is 0 Å². The van der Waals surface area contributed by atoms with Crippen molar-refractivity contribution in [1.29, 1.82) is 0 Å². The highest BCUT2D eigenvalue weighted by Crippen LogP contribution is 2.31. The van der Waals surface area contributed by atoms with Gasteiger partial charge in [-0.1, -0.05) is 12.1 Å². The smallest absolute Gasteiger partial charge is 0.307 e. The van der Waals surface area contributed by atoms with Gasteiger partial charge in [-0.15, -0.1) is 0 Å².